The number of carbonyl (C=O) groups is 2. The topological polar surface area (TPSA) is 135 Å². The van der Waals surface area contributed by atoms with E-state index in [4.69, 9.17) is 14.2 Å². The first-order valence-electron chi connectivity index (χ1n) is 14.8. The molecule has 0 aromatic heterocycles. The molecule has 0 spiro atoms. The molecule has 1 aromatic carbocycles. The molecule has 41 heavy (non-hydrogen) atoms. The number of esters is 2. The highest BCUT2D eigenvalue weighted by Gasteiger charge is 2.67. The van der Waals surface area contributed by atoms with Crippen LogP contribution in [0.25, 0.3) is 0 Å². The lowest BCUT2D eigenvalue weighted by Crippen LogP contribution is -2.65. The van der Waals surface area contributed by atoms with Crippen LogP contribution in [0.3, 0.4) is 0 Å². The van der Waals surface area contributed by atoms with Crippen molar-refractivity contribution >= 4 is 17.6 Å². The number of anilines is 1. The van der Waals surface area contributed by atoms with Crippen molar-refractivity contribution in [2.45, 2.75) is 78.3 Å². The molecule has 3 aliphatic carbocycles. The smallest absolute Gasteiger partial charge is 0.376 e. The summed E-state index contributed by atoms with van der Waals surface area (Å²) in [5, 5.41) is 36.0. The fourth-order valence-electron chi connectivity index (χ4n) is 9.65. The molecule has 4 aliphatic rings. The Morgan fingerprint density at radius 3 is 2.41 bits per heavy atom. The number of benzene rings is 1. The number of ether oxygens (including phenoxy) is 3. The molecule has 3 saturated carbocycles. The highest BCUT2D eigenvalue weighted by Crippen LogP contribution is 2.70. The van der Waals surface area contributed by atoms with E-state index in [1.807, 2.05) is 19.1 Å². The Kier molecular flexibility index (Phi) is 7.71. The molecule has 1 aliphatic heterocycles. The van der Waals surface area contributed by atoms with Gasteiger partial charge in [-0.05, 0) is 72.8 Å². The molecule has 1 aromatic rings. The summed E-state index contributed by atoms with van der Waals surface area (Å²) in [6.45, 7) is 8.68. The maximum absolute atomic E-state index is 13.2. The molecule has 0 amide bonds. The van der Waals surface area contributed by atoms with Crippen molar-refractivity contribution in [1.29, 1.82) is 0 Å². The summed E-state index contributed by atoms with van der Waals surface area (Å²) in [7, 11) is 3.44. The molecule has 0 bridgehead atoms. The lowest BCUT2D eigenvalue weighted by Gasteiger charge is -2.68. The third kappa shape index (κ3) is 4.46. The van der Waals surface area contributed by atoms with Gasteiger partial charge in [-0.3, -0.25) is 0 Å². The van der Waals surface area contributed by atoms with Crippen molar-refractivity contribution in [3.8, 4) is 0 Å². The predicted molar refractivity (Wildman–Crippen MR) is 152 cm³/mol. The van der Waals surface area contributed by atoms with Gasteiger partial charge in [-0.15, -0.1) is 0 Å². The van der Waals surface area contributed by atoms with Crippen LogP contribution in [0.15, 0.2) is 35.6 Å². The van der Waals surface area contributed by atoms with Crippen LogP contribution in [0.1, 0.15) is 70.2 Å². The van der Waals surface area contributed by atoms with Gasteiger partial charge in [0, 0.05) is 31.2 Å². The van der Waals surface area contributed by atoms with E-state index >= 15 is 0 Å². The maximum Gasteiger partial charge on any atom is 0.376 e. The summed E-state index contributed by atoms with van der Waals surface area (Å²) in [4.78, 5) is 25.4. The minimum Gasteiger partial charge on any atom is -0.502 e. The number of hydrogen-bond donors (Lipinski definition) is 4. The fourth-order valence-corrected chi connectivity index (χ4v) is 9.65. The van der Waals surface area contributed by atoms with Crippen molar-refractivity contribution < 1.29 is 39.1 Å². The van der Waals surface area contributed by atoms with E-state index in [0.29, 0.717) is 17.7 Å². The van der Waals surface area contributed by atoms with Crippen molar-refractivity contribution in [1.82, 2.24) is 0 Å². The number of methoxy groups -OCH3 is 1. The van der Waals surface area contributed by atoms with E-state index < -0.39 is 35.5 Å². The van der Waals surface area contributed by atoms with E-state index in [0.717, 1.165) is 25.7 Å². The molecule has 0 radical (unpaired) electrons. The molecule has 9 nitrogen and oxygen atoms in total. The van der Waals surface area contributed by atoms with Crippen molar-refractivity contribution in [2.24, 2.45) is 39.9 Å². The zero-order valence-corrected chi connectivity index (χ0v) is 25.0. The van der Waals surface area contributed by atoms with E-state index in [1.54, 1.807) is 26.3 Å². The van der Waals surface area contributed by atoms with Crippen LogP contribution in [-0.2, 0) is 19.0 Å². The molecule has 10 atom stereocenters. The van der Waals surface area contributed by atoms with E-state index in [1.165, 1.54) is 0 Å². The van der Waals surface area contributed by atoms with E-state index in [2.05, 4.69) is 26.1 Å². The van der Waals surface area contributed by atoms with Crippen LogP contribution in [0.5, 0.6) is 0 Å². The lowest BCUT2D eigenvalue weighted by molar-refractivity contribution is -0.226. The Labute approximate surface area is 242 Å². The van der Waals surface area contributed by atoms with E-state index in [-0.39, 0.29) is 52.8 Å². The normalized spacial score (nSPS) is 42.2. The number of nitrogens with one attached hydrogen (secondary N) is 1. The van der Waals surface area contributed by atoms with Crippen LogP contribution in [0, 0.1) is 39.9 Å². The Morgan fingerprint density at radius 1 is 1.10 bits per heavy atom. The first-order chi connectivity index (χ1) is 19.3. The summed E-state index contributed by atoms with van der Waals surface area (Å²) >= 11 is 0. The Bertz CT molecular complexity index is 1230. The van der Waals surface area contributed by atoms with Crippen LogP contribution >= 0.6 is 0 Å². The predicted octanol–water partition coefficient (Wildman–Crippen LogP) is 4.44. The molecule has 226 valence electrons. The fraction of sp³-hybridized carbons (Fsp3) is 0.688. The van der Waals surface area contributed by atoms with Gasteiger partial charge in [0.15, 0.2) is 0 Å². The van der Waals surface area contributed by atoms with Crippen molar-refractivity contribution in [3.05, 3.63) is 41.2 Å². The minimum atomic E-state index is -1.48. The summed E-state index contributed by atoms with van der Waals surface area (Å²) < 4.78 is 17.0. The zero-order chi connectivity index (χ0) is 29.9. The average Bonchev–Trinajstić information content (AvgIpc) is 3.19. The summed E-state index contributed by atoms with van der Waals surface area (Å²) in [6.07, 6.45) is 1.36. The number of hydrogen-bond acceptors (Lipinski definition) is 9. The number of carbonyl (C=O) groups excluding carboxylic acids is 2. The summed E-state index contributed by atoms with van der Waals surface area (Å²) in [5.74, 6) is -2.08. The molecule has 9 heteroatoms. The van der Waals surface area contributed by atoms with Gasteiger partial charge in [0.05, 0.1) is 30.0 Å². The molecular formula is C32H45NO8. The number of aliphatic hydroxyl groups excluding tert-OH is 3. The third-order valence-corrected chi connectivity index (χ3v) is 11.7. The van der Waals surface area contributed by atoms with Crippen LogP contribution in [0.2, 0.25) is 0 Å². The van der Waals surface area contributed by atoms with Crippen LogP contribution in [-0.4, -0.2) is 66.5 Å². The largest absolute Gasteiger partial charge is 0.502 e. The molecule has 4 N–H and O–H groups in total. The van der Waals surface area contributed by atoms with E-state index in [9.17, 15) is 24.9 Å². The van der Waals surface area contributed by atoms with Gasteiger partial charge in [0.2, 0.25) is 12.0 Å². The SMILES string of the molecule is CNc1ccccc1C(=O)OC[C@@]1(C)C2CC[C@@]3(C)C(C[C@H](OC)[C@H](C)[C@@H]3C3=C(O)C(=O)OC3O)[C@]2(C)CC[C@@H]1O. The lowest BCUT2D eigenvalue weighted by atomic mass is 9.37. The molecule has 0 saturated heterocycles. The molecular weight excluding hydrogens is 526 g/mol. The van der Waals surface area contributed by atoms with Gasteiger partial charge >= 0.3 is 11.9 Å². The molecule has 5 rings (SSSR count). The quantitative estimate of drug-likeness (QED) is 0.366. The minimum absolute atomic E-state index is 0.0460. The first-order valence-corrected chi connectivity index (χ1v) is 14.8. The van der Waals surface area contributed by atoms with Gasteiger partial charge in [-0.2, -0.15) is 0 Å². The zero-order valence-electron chi connectivity index (χ0n) is 25.0. The highest BCUT2D eigenvalue weighted by atomic mass is 16.6. The van der Waals surface area contributed by atoms with Crippen molar-refractivity contribution in [2.75, 3.05) is 26.1 Å². The van der Waals surface area contributed by atoms with Crippen LogP contribution in [0.4, 0.5) is 5.69 Å². The van der Waals surface area contributed by atoms with Gasteiger partial charge < -0.3 is 34.8 Å². The van der Waals surface area contributed by atoms with Gasteiger partial charge in [0.1, 0.15) is 0 Å². The van der Waals surface area contributed by atoms with Gasteiger partial charge in [-0.25, -0.2) is 9.59 Å². The molecule has 1 heterocycles. The van der Waals surface area contributed by atoms with Crippen LogP contribution < -0.4 is 5.32 Å². The average molecular weight is 572 g/mol. The second kappa shape index (κ2) is 10.6. The number of aliphatic hydroxyl groups is 3. The monoisotopic (exact) mass is 571 g/mol. The highest BCUT2D eigenvalue weighted by molar-refractivity contribution is 5.95. The summed E-state index contributed by atoms with van der Waals surface area (Å²) in [5.41, 5.74) is 0.101. The molecule has 3 unspecified atom stereocenters. The number of fused-ring (bicyclic) bond motifs is 3. The maximum atomic E-state index is 13.2. The number of rotatable bonds is 6. The first kappa shape index (κ1) is 29.9. The van der Waals surface area contributed by atoms with Gasteiger partial charge in [0.25, 0.3) is 0 Å². The summed E-state index contributed by atoms with van der Waals surface area (Å²) in [6, 6.07) is 7.21. The standard InChI is InChI=1S/C32H45NO8/c1-17-20(39-6)15-22-30(2)14-12-23(34)32(4,16-40-27(36)18-9-7-8-10-19(18)33-5)21(30)11-13-31(22,3)25(17)24-26(35)29(38)41-28(24)37/h7-10,17,20-23,25,28,33-35,37H,11-16H2,1-6H3/t17-,20-,21?,22?,23-,25+,28?,30+,31-,32-/m0/s1. The Morgan fingerprint density at radius 2 is 1.78 bits per heavy atom. The van der Waals surface area contributed by atoms with Crippen molar-refractivity contribution in [3.63, 3.8) is 0 Å². The second-order valence-electron chi connectivity index (χ2n) is 13.5. The second-order valence-corrected chi connectivity index (χ2v) is 13.5. The third-order valence-electron chi connectivity index (χ3n) is 11.7. The van der Waals surface area contributed by atoms with Gasteiger partial charge in [-0.1, -0.05) is 39.8 Å². The Hall–Kier alpha value is -2.62. The number of para-hydroxylation sites is 1. The Balaban J connectivity index is 1.49. The number of cyclic esters (lactones) is 1. The molecule has 3 fully saturated rings.